The zero-order chi connectivity index (χ0) is 8.85. The number of halogens is 1. The summed E-state index contributed by atoms with van der Waals surface area (Å²) in [6, 6.07) is -0.0450. The van der Waals surface area contributed by atoms with Crippen molar-refractivity contribution in [2.75, 3.05) is 19.0 Å². The molecule has 0 aliphatic heterocycles. The molecule has 0 radical (unpaired) electrons. The summed E-state index contributed by atoms with van der Waals surface area (Å²) in [5, 5.41) is 2.83. The fourth-order valence-electron chi connectivity index (χ4n) is 0.450. The molecule has 0 fully saturated rings. The Morgan fingerprint density at radius 1 is 1.73 bits per heavy atom. The Morgan fingerprint density at radius 2 is 2.27 bits per heavy atom. The Morgan fingerprint density at radius 3 is 2.55 bits per heavy atom. The molecule has 1 atom stereocenters. The van der Waals surface area contributed by atoms with Gasteiger partial charge in [0.05, 0.1) is 0 Å². The van der Waals surface area contributed by atoms with Crippen LogP contribution in [0.2, 0.25) is 0 Å². The molecule has 3 nitrogen and oxygen atoms in total. The summed E-state index contributed by atoms with van der Waals surface area (Å²) in [5.41, 5.74) is 0. The van der Waals surface area contributed by atoms with Gasteiger partial charge in [-0.15, -0.1) is 0 Å². The zero-order valence-electron chi connectivity index (χ0n) is 7.10. The maximum atomic E-state index is 11.1. The number of alkyl halides is 2. The van der Waals surface area contributed by atoms with E-state index in [0.717, 1.165) is 0 Å². The predicted molar refractivity (Wildman–Crippen MR) is 42.1 cm³/mol. The molecular formula is C7H14IN2O-. The van der Waals surface area contributed by atoms with Crippen LogP contribution in [0.25, 0.3) is 0 Å². The van der Waals surface area contributed by atoms with Gasteiger partial charge in [-0.1, -0.05) is 0 Å². The quantitative estimate of drug-likeness (QED) is 0.261. The van der Waals surface area contributed by atoms with Gasteiger partial charge in [0.2, 0.25) is 0 Å². The number of hydrogen-bond acceptors (Lipinski definition) is 1. The molecular weight excluding hydrogens is 255 g/mol. The molecule has 0 aromatic carbocycles. The van der Waals surface area contributed by atoms with E-state index in [4.69, 9.17) is 0 Å². The first-order valence-corrected chi connectivity index (χ1v) is 6.60. The van der Waals surface area contributed by atoms with Crippen molar-refractivity contribution < 1.29 is 26.0 Å². The maximum absolute atomic E-state index is 11.1. The van der Waals surface area contributed by atoms with Crippen molar-refractivity contribution in [3.05, 3.63) is 12.7 Å². The van der Waals surface area contributed by atoms with Crippen LogP contribution in [0.3, 0.4) is 0 Å². The zero-order valence-corrected chi connectivity index (χ0v) is 9.25. The van der Waals surface area contributed by atoms with Crippen molar-refractivity contribution >= 4 is 6.03 Å². The molecule has 0 saturated heterocycles. The van der Waals surface area contributed by atoms with Gasteiger partial charge in [0.25, 0.3) is 0 Å². The number of urea groups is 1. The van der Waals surface area contributed by atoms with Crippen molar-refractivity contribution in [3.8, 4) is 0 Å². The van der Waals surface area contributed by atoms with E-state index in [1.807, 2.05) is 0 Å². The van der Waals surface area contributed by atoms with Crippen molar-refractivity contribution in [2.45, 2.75) is 4.05 Å². The number of amides is 2. The first-order valence-electron chi connectivity index (χ1n) is 3.20. The van der Waals surface area contributed by atoms with Gasteiger partial charge in [-0.3, -0.25) is 0 Å². The molecule has 0 saturated carbocycles. The van der Waals surface area contributed by atoms with Crippen molar-refractivity contribution in [3.63, 3.8) is 0 Å². The fourth-order valence-corrected chi connectivity index (χ4v) is 1.54. The van der Waals surface area contributed by atoms with Crippen LogP contribution in [0.4, 0.5) is 4.79 Å². The van der Waals surface area contributed by atoms with E-state index in [-0.39, 0.29) is 31.3 Å². The normalized spacial score (nSPS) is 12.3. The molecule has 0 aromatic rings. The van der Waals surface area contributed by atoms with Gasteiger partial charge < -0.3 is 0 Å². The summed E-state index contributed by atoms with van der Waals surface area (Å²) in [5.74, 6) is 0. The van der Waals surface area contributed by atoms with E-state index in [2.05, 4.69) is 16.8 Å². The molecule has 4 heteroatoms. The van der Waals surface area contributed by atoms with Gasteiger partial charge in [0, 0.05) is 0 Å². The van der Waals surface area contributed by atoms with Crippen LogP contribution in [0, 0.1) is 0 Å². The van der Waals surface area contributed by atoms with Crippen molar-refractivity contribution in [1.29, 1.82) is 0 Å². The number of nitrogens with zero attached hydrogens (tertiary/aromatic N) is 1. The molecule has 0 aromatic heterocycles. The van der Waals surface area contributed by atoms with Crippen LogP contribution in [-0.2, 0) is 0 Å². The number of rotatable bonds is 3. The molecule has 0 bridgehead atoms. The Hall–Kier alpha value is -0.260. The summed E-state index contributed by atoms with van der Waals surface area (Å²) in [4.78, 5) is 14.7. The van der Waals surface area contributed by atoms with Crippen LogP contribution in [0.1, 0.15) is 0 Å². The van der Waals surface area contributed by atoms with Crippen LogP contribution in [-0.4, -0.2) is 34.0 Å². The molecule has 0 spiro atoms. The van der Waals surface area contributed by atoms with E-state index in [9.17, 15) is 4.79 Å². The van der Waals surface area contributed by atoms with Crippen LogP contribution in [0.15, 0.2) is 12.7 Å². The van der Waals surface area contributed by atoms with Gasteiger partial charge in [-0.05, 0) is 0 Å². The standard InChI is InChI=1S/C7H14IN2O/c1-5-6(8-2)9-7(11)10(3)4/h5-6H,1H2,2-4H3,(H,9,11)/q-1. The number of hydrogen-bond donors (Lipinski definition) is 1. The topological polar surface area (TPSA) is 32.3 Å². The molecule has 1 unspecified atom stereocenters. The van der Waals surface area contributed by atoms with Crippen LogP contribution < -0.4 is 26.5 Å². The van der Waals surface area contributed by atoms with Crippen molar-refractivity contribution in [2.24, 2.45) is 0 Å². The molecule has 66 valence electrons. The van der Waals surface area contributed by atoms with E-state index in [1.165, 1.54) is 4.90 Å². The van der Waals surface area contributed by atoms with Crippen LogP contribution in [0.5, 0.6) is 0 Å². The second-order valence-corrected chi connectivity index (χ2v) is 4.79. The van der Waals surface area contributed by atoms with E-state index < -0.39 is 0 Å². The number of carbonyl (C=O) groups is 1. The summed E-state index contributed by atoms with van der Waals surface area (Å²) in [7, 11) is 3.45. The average Bonchev–Trinajstić information content (AvgIpc) is 1.99. The first-order chi connectivity index (χ1) is 5.11. The van der Waals surface area contributed by atoms with Gasteiger partial charge in [0.15, 0.2) is 0 Å². The summed E-state index contributed by atoms with van der Waals surface area (Å²) >= 11 is 0.00563. The summed E-state index contributed by atoms with van der Waals surface area (Å²) in [6.07, 6.45) is 1.79. The second-order valence-electron chi connectivity index (χ2n) is 2.20. The Kier molecular flexibility index (Phi) is 5.27. The van der Waals surface area contributed by atoms with Crippen molar-refractivity contribution in [1.82, 2.24) is 10.2 Å². The summed E-state index contributed by atoms with van der Waals surface area (Å²) in [6.45, 7) is 3.64. The SMILES string of the molecule is C=CC(NC(=O)N(C)C)[I-]C. The van der Waals surface area contributed by atoms with E-state index >= 15 is 0 Å². The molecule has 0 heterocycles. The van der Waals surface area contributed by atoms with Gasteiger partial charge >= 0.3 is 78.0 Å². The molecule has 11 heavy (non-hydrogen) atoms. The third-order valence-corrected chi connectivity index (χ3v) is 3.27. The Labute approximate surface area is 78.1 Å². The fraction of sp³-hybridized carbons (Fsp3) is 0.571. The van der Waals surface area contributed by atoms with E-state index in [1.54, 1.807) is 20.2 Å². The second kappa shape index (κ2) is 5.40. The van der Waals surface area contributed by atoms with E-state index in [0.29, 0.717) is 0 Å². The van der Waals surface area contributed by atoms with Gasteiger partial charge in [-0.25, -0.2) is 0 Å². The summed E-state index contributed by atoms with van der Waals surface area (Å²) < 4.78 is 0.198. The third-order valence-electron chi connectivity index (χ3n) is 1.11. The Balaban J connectivity index is 3.81. The Bertz CT molecular complexity index is 147. The van der Waals surface area contributed by atoms with Crippen LogP contribution >= 0.6 is 0 Å². The average molecular weight is 269 g/mol. The minimum absolute atomic E-state index is 0.00563. The molecule has 0 aliphatic carbocycles. The molecule has 2 amide bonds. The van der Waals surface area contributed by atoms with Gasteiger partial charge in [-0.2, -0.15) is 0 Å². The molecule has 0 rings (SSSR count). The van der Waals surface area contributed by atoms with Gasteiger partial charge in [0.1, 0.15) is 0 Å². The molecule has 0 aliphatic rings. The number of nitrogens with one attached hydrogen (secondary N) is 1. The first kappa shape index (κ1) is 10.7. The minimum atomic E-state index is -0.0450. The predicted octanol–water partition coefficient (Wildman–Crippen LogP) is -2.51. The third kappa shape index (κ3) is 4.23. The number of carbonyl (C=O) groups excluding carboxylic acids is 1. The monoisotopic (exact) mass is 269 g/mol. The molecule has 1 N–H and O–H groups in total.